The predicted molar refractivity (Wildman–Crippen MR) is 62.8 cm³/mol. The van der Waals surface area contributed by atoms with Gasteiger partial charge in [0.25, 0.3) is 0 Å². The number of hydrogen-bond acceptors (Lipinski definition) is 1. The molecule has 1 heterocycles. The van der Waals surface area contributed by atoms with E-state index in [0.717, 1.165) is 5.52 Å². The van der Waals surface area contributed by atoms with E-state index >= 15 is 0 Å². The smallest absolute Gasteiger partial charge is 0.0702 e. The van der Waals surface area contributed by atoms with E-state index in [1.807, 2.05) is 12.3 Å². The largest absolute Gasteiger partial charge is 0.256 e. The van der Waals surface area contributed by atoms with Crippen molar-refractivity contribution >= 4 is 10.9 Å². The molecular formula is C14H15N. The molecule has 0 amide bonds. The molecule has 1 aromatic carbocycles. The second-order valence-corrected chi connectivity index (χ2v) is 5.02. The summed E-state index contributed by atoms with van der Waals surface area (Å²) in [6, 6.07) is 10.8. The molecule has 0 N–H and O–H groups in total. The highest BCUT2D eigenvalue weighted by Crippen LogP contribution is 2.47. The molecule has 0 bridgehead atoms. The highest BCUT2D eigenvalue weighted by Gasteiger charge is 2.36. The van der Waals surface area contributed by atoms with E-state index < -0.39 is 0 Å². The summed E-state index contributed by atoms with van der Waals surface area (Å²) in [5, 5.41) is 1.26. The molecule has 1 aliphatic rings. The number of rotatable bonds is 2. The minimum Gasteiger partial charge on any atom is -0.256 e. The van der Waals surface area contributed by atoms with Gasteiger partial charge in [0.2, 0.25) is 0 Å². The molecule has 15 heavy (non-hydrogen) atoms. The van der Waals surface area contributed by atoms with Crippen LogP contribution in [0.2, 0.25) is 0 Å². The minimum absolute atomic E-state index is 0.593. The van der Waals surface area contributed by atoms with Crippen molar-refractivity contribution in [1.82, 2.24) is 4.98 Å². The second kappa shape index (κ2) is 3.06. The van der Waals surface area contributed by atoms with Gasteiger partial charge in [0, 0.05) is 11.6 Å². The molecule has 1 aliphatic carbocycles. The lowest BCUT2D eigenvalue weighted by Crippen LogP contribution is -1.98. The first-order valence-electron chi connectivity index (χ1n) is 5.59. The van der Waals surface area contributed by atoms with Gasteiger partial charge in [0.15, 0.2) is 0 Å². The van der Waals surface area contributed by atoms with Crippen LogP contribution in [0.25, 0.3) is 10.9 Å². The molecule has 2 aromatic rings. The quantitative estimate of drug-likeness (QED) is 0.717. The molecule has 0 saturated heterocycles. The first kappa shape index (κ1) is 8.90. The van der Waals surface area contributed by atoms with Gasteiger partial charge in [-0.25, -0.2) is 0 Å². The highest BCUT2D eigenvalue weighted by atomic mass is 14.6. The Hall–Kier alpha value is -1.37. The Balaban J connectivity index is 1.99. The van der Waals surface area contributed by atoms with E-state index in [4.69, 9.17) is 0 Å². The van der Waals surface area contributed by atoms with E-state index in [1.54, 1.807) is 0 Å². The summed E-state index contributed by atoms with van der Waals surface area (Å²) in [5.74, 6) is 0. The zero-order valence-corrected chi connectivity index (χ0v) is 9.03. The number of aromatic nitrogens is 1. The Bertz CT molecular complexity index is 497. The van der Waals surface area contributed by atoms with Crippen LogP contribution in [0.15, 0.2) is 36.5 Å². The normalized spacial score (nSPS) is 17.9. The number of benzene rings is 1. The number of nitrogens with zero attached hydrogens (tertiary/aromatic N) is 1. The van der Waals surface area contributed by atoms with Crippen molar-refractivity contribution in [3.05, 3.63) is 42.1 Å². The molecule has 1 nitrogen and oxygen atoms in total. The maximum atomic E-state index is 4.33. The van der Waals surface area contributed by atoms with E-state index in [2.05, 4.69) is 36.2 Å². The summed E-state index contributed by atoms with van der Waals surface area (Å²) in [7, 11) is 0. The third kappa shape index (κ3) is 1.74. The zero-order chi connectivity index (χ0) is 10.3. The molecule has 0 aliphatic heterocycles. The SMILES string of the molecule is CC1(Cc2ccc3ncccc3c2)CC1. The summed E-state index contributed by atoms with van der Waals surface area (Å²) in [4.78, 5) is 4.33. The molecule has 1 saturated carbocycles. The third-order valence-corrected chi connectivity index (χ3v) is 3.40. The Morgan fingerprint density at radius 1 is 1.27 bits per heavy atom. The lowest BCUT2D eigenvalue weighted by molar-refractivity contribution is 0.571. The van der Waals surface area contributed by atoms with Crippen LogP contribution in [0, 0.1) is 5.41 Å². The van der Waals surface area contributed by atoms with Crippen molar-refractivity contribution in [2.24, 2.45) is 5.41 Å². The van der Waals surface area contributed by atoms with Gasteiger partial charge >= 0.3 is 0 Å². The summed E-state index contributed by atoms with van der Waals surface area (Å²) < 4.78 is 0. The first-order valence-corrected chi connectivity index (χ1v) is 5.59. The van der Waals surface area contributed by atoms with Crippen LogP contribution in [0.3, 0.4) is 0 Å². The summed E-state index contributed by atoms with van der Waals surface area (Å²) >= 11 is 0. The molecule has 0 spiro atoms. The van der Waals surface area contributed by atoms with Crippen LogP contribution in [0.4, 0.5) is 0 Å². The van der Waals surface area contributed by atoms with Gasteiger partial charge in [-0.2, -0.15) is 0 Å². The van der Waals surface area contributed by atoms with Crippen LogP contribution < -0.4 is 0 Å². The Kier molecular flexibility index (Phi) is 1.82. The molecule has 76 valence electrons. The van der Waals surface area contributed by atoms with E-state index in [-0.39, 0.29) is 0 Å². The van der Waals surface area contributed by atoms with Gasteiger partial charge in [-0.15, -0.1) is 0 Å². The maximum Gasteiger partial charge on any atom is 0.0702 e. The molecule has 1 aromatic heterocycles. The topological polar surface area (TPSA) is 12.9 Å². The second-order valence-electron chi connectivity index (χ2n) is 5.02. The van der Waals surface area contributed by atoms with E-state index in [1.165, 1.54) is 30.2 Å². The van der Waals surface area contributed by atoms with Crippen molar-refractivity contribution in [1.29, 1.82) is 0 Å². The molecule has 0 radical (unpaired) electrons. The number of fused-ring (bicyclic) bond motifs is 1. The number of hydrogen-bond donors (Lipinski definition) is 0. The molecule has 0 unspecified atom stereocenters. The molecule has 0 atom stereocenters. The van der Waals surface area contributed by atoms with E-state index in [9.17, 15) is 0 Å². The average molecular weight is 197 g/mol. The van der Waals surface area contributed by atoms with Crippen molar-refractivity contribution in [3.63, 3.8) is 0 Å². The maximum absolute atomic E-state index is 4.33. The Morgan fingerprint density at radius 3 is 2.93 bits per heavy atom. The van der Waals surface area contributed by atoms with Crippen molar-refractivity contribution in [3.8, 4) is 0 Å². The van der Waals surface area contributed by atoms with Crippen molar-refractivity contribution in [2.75, 3.05) is 0 Å². The van der Waals surface area contributed by atoms with Gasteiger partial charge in [-0.1, -0.05) is 19.1 Å². The fourth-order valence-electron chi connectivity index (χ4n) is 2.12. The zero-order valence-electron chi connectivity index (χ0n) is 9.03. The fraction of sp³-hybridized carbons (Fsp3) is 0.357. The highest BCUT2D eigenvalue weighted by molar-refractivity contribution is 5.78. The minimum atomic E-state index is 0.593. The lowest BCUT2D eigenvalue weighted by Gasteiger charge is -2.08. The molecule has 3 rings (SSSR count). The van der Waals surface area contributed by atoms with Gasteiger partial charge in [-0.05, 0) is 48.4 Å². The fourth-order valence-corrected chi connectivity index (χ4v) is 2.12. The van der Waals surface area contributed by atoms with Crippen LogP contribution in [0.1, 0.15) is 25.3 Å². The summed E-state index contributed by atoms with van der Waals surface area (Å²) in [6.45, 7) is 2.38. The van der Waals surface area contributed by atoms with Gasteiger partial charge in [0.05, 0.1) is 5.52 Å². The lowest BCUT2D eigenvalue weighted by atomic mass is 9.97. The molecular weight excluding hydrogens is 182 g/mol. The summed E-state index contributed by atoms with van der Waals surface area (Å²) in [6.07, 6.45) is 5.85. The van der Waals surface area contributed by atoms with Crippen LogP contribution >= 0.6 is 0 Å². The molecule has 1 fully saturated rings. The first-order chi connectivity index (χ1) is 7.25. The number of pyridine rings is 1. The van der Waals surface area contributed by atoms with Crippen LogP contribution in [0.5, 0.6) is 0 Å². The van der Waals surface area contributed by atoms with E-state index in [0.29, 0.717) is 5.41 Å². The van der Waals surface area contributed by atoms with Gasteiger partial charge in [-0.3, -0.25) is 4.98 Å². The van der Waals surface area contributed by atoms with Crippen LogP contribution in [-0.2, 0) is 6.42 Å². The van der Waals surface area contributed by atoms with Crippen LogP contribution in [-0.4, -0.2) is 4.98 Å². The standard InChI is InChI=1S/C14H15N/c1-14(6-7-14)10-11-4-5-13-12(9-11)3-2-8-15-13/h2-5,8-9H,6-7,10H2,1H3. The van der Waals surface area contributed by atoms with Crippen molar-refractivity contribution < 1.29 is 0 Å². The van der Waals surface area contributed by atoms with Gasteiger partial charge < -0.3 is 0 Å². The molecule has 1 heteroatoms. The third-order valence-electron chi connectivity index (χ3n) is 3.40. The summed E-state index contributed by atoms with van der Waals surface area (Å²) in [5.41, 5.74) is 3.15. The van der Waals surface area contributed by atoms with Crippen molar-refractivity contribution in [2.45, 2.75) is 26.2 Å². The average Bonchev–Trinajstić information content (AvgIpc) is 2.96. The predicted octanol–water partition coefficient (Wildman–Crippen LogP) is 3.58. The monoisotopic (exact) mass is 197 g/mol. The Labute approximate surface area is 90.2 Å². The van der Waals surface area contributed by atoms with Gasteiger partial charge in [0.1, 0.15) is 0 Å². The Morgan fingerprint density at radius 2 is 2.13 bits per heavy atom.